The van der Waals surface area contributed by atoms with E-state index in [0.717, 1.165) is 48.2 Å². The fraction of sp³-hybridized carbons (Fsp3) is 0.231. The number of para-hydroxylation sites is 1. The van der Waals surface area contributed by atoms with Crippen LogP contribution in [-0.4, -0.2) is 74.9 Å². The Kier molecular flexibility index (Phi) is 7.79. The van der Waals surface area contributed by atoms with Crippen molar-refractivity contribution in [3.05, 3.63) is 98.5 Å². The van der Waals surface area contributed by atoms with Crippen LogP contribution in [0.3, 0.4) is 0 Å². The number of hydrogen-bond donors (Lipinski definition) is 2. The van der Waals surface area contributed by atoms with Crippen LogP contribution in [0.15, 0.2) is 60.7 Å². The number of carboxylic acid groups (broad SMARTS) is 1. The molecule has 170 valence electrons. The summed E-state index contributed by atoms with van der Waals surface area (Å²) in [6.45, 7) is 1.46. The first-order chi connectivity index (χ1) is 15.9. The van der Waals surface area contributed by atoms with Gasteiger partial charge in [-0.25, -0.2) is 4.79 Å². The van der Waals surface area contributed by atoms with Crippen molar-refractivity contribution in [2.24, 2.45) is 0 Å². The van der Waals surface area contributed by atoms with Crippen LogP contribution in [0.25, 0.3) is 0 Å². The Morgan fingerprint density at radius 3 is 2.38 bits per heavy atom. The predicted molar refractivity (Wildman–Crippen MR) is 137 cm³/mol. The van der Waals surface area contributed by atoms with Gasteiger partial charge in [0, 0.05) is 13.1 Å². The van der Waals surface area contributed by atoms with E-state index in [1.165, 1.54) is 0 Å². The van der Waals surface area contributed by atoms with Gasteiger partial charge in [-0.05, 0) is 66.3 Å². The van der Waals surface area contributed by atoms with Gasteiger partial charge < -0.3 is 15.3 Å². The summed E-state index contributed by atoms with van der Waals surface area (Å²) in [7, 11) is 0. The van der Waals surface area contributed by atoms with Crippen LogP contribution >= 0.6 is 23.2 Å². The molecule has 8 heteroatoms. The molecule has 3 aromatic carbocycles. The van der Waals surface area contributed by atoms with Crippen LogP contribution < -0.4 is 10.2 Å². The molecule has 2 N–H and O–H groups in total. The topological polar surface area (TPSA) is 69.6 Å². The molecule has 1 aliphatic heterocycles. The molecule has 34 heavy (non-hydrogen) atoms. The molecule has 2 aliphatic rings. The van der Waals surface area contributed by atoms with Crippen molar-refractivity contribution >= 4 is 92.2 Å². The number of fused-ring (bicyclic) bond motifs is 1. The zero-order chi connectivity index (χ0) is 23.2. The average molecular weight is 521 g/mol. The predicted octanol–water partition coefficient (Wildman–Crippen LogP) is 5.02. The second-order valence-electron chi connectivity index (χ2n) is 8.65. The quantitative estimate of drug-likeness (QED) is 0.447. The summed E-state index contributed by atoms with van der Waals surface area (Å²) in [5, 5.41) is 13.4. The van der Waals surface area contributed by atoms with Crippen LogP contribution in [0.1, 0.15) is 50.2 Å². The van der Waals surface area contributed by atoms with Crippen LogP contribution in [0.5, 0.6) is 0 Å². The van der Waals surface area contributed by atoms with E-state index in [1.807, 2.05) is 24.3 Å². The summed E-state index contributed by atoms with van der Waals surface area (Å²) in [6, 6.07) is 18.2. The second-order valence-corrected chi connectivity index (χ2v) is 9.47. The summed E-state index contributed by atoms with van der Waals surface area (Å²) in [4.78, 5) is 26.8. The van der Waals surface area contributed by atoms with Crippen molar-refractivity contribution in [1.82, 2.24) is 5.32 Å². The number of benzene rings is 3. The van der Waals surface area contributed by atoms with Gasteiger partial charge >= 0.3 is 57.4 Å². The van der Waals surface area contributed by atoms with Gasteiger partial charge in [0.15, 0.2) is 0 Å². The monoisotopic (exact) mass is 520 g/mol. The first-order valence-corrected chi connectivity index (χ1v) is 11.6. The Morgan fingerprint density at radius 1 is 1.00 bits per heavy atom. The van der Waals surface area contributed by atoms with Crippen molar-refractivity contribution in [2.45, 2.75) is 31.3 Å². The number of nitrogens with one attached hydrogen (secondary N) is 1. The SMILES string of the molecule is O=C(O)c1ccc(C2(NC(=O)c3cccc4c3N(Cc3ccc(Cl)c(Cl)c3)CC4)CC2)cc1.[KH]. The number of amides is 1. The van der Waals surface area contributed by atoms with E-state index in [2.05, 4.69) is 16.3 Å². The van der Waals surface area contributed by atoms with E-state index < -0.39 is 11.5 Å². The Balaban J connectivity index is 0.00000274. The molecule has 5 nitrogen and oxygen atoms in total. The molecule has 0 unspecified atom stereocenters. The number of nitrogens with zero attached hydrogens (tertiary/aromatic N) is 1. The molecule has 0 saturated heterocycles. The molecule has 1 amide bonds. The number of halogens is 2. The summed E-state index contributed by atoms with van der Waals surface area (Å²) in [5.41, 5.74) is 4.52. The minimum absolute atomic E-state index is 0. The van der Waals surface area contributed by atoms with Crippen molar-refractivity contribution in [1.29, 1.82) is 0 Å². The Morgan fingerprint density at radius 2 is 1.74 bits per heavy atom. The number of rotatable bonds is 6. The summed E-state index contributed by atoms with van der Waals surface area (Å²) < 4.78 is 0. The number of carboxylic acids is 1. The fourth-order valence-corrected chi connectivity index (χ4v) is 4.88. The van der Waals surface area contributed by atoms with Crippen molar-refractivity contribution in [2.75, 3.05) is 11.4 Å². The summed E-state index contributed by atoms with van der Waals surface area (Å²) in [6.07, 6.45) is 2.53. The maximum absolute atomic E-state index is 13.4. The number of carbonyl (C=O) groups excluding carboxylic acids is 1. The molecular formula is C26H23Cl2KN2O3. The Hall–Kier alpha value is -1.38. The molecule has 3 aromatic rings. The zero-order valence-corrected chi connectivity index (χ0v) is 19.3. The normalized spacial score (nSPS) is 15.3. The first kappa shape index (κ1) is 25.7. The second kappa shape index (κ2) is 10.3. The molecule has 1 saturated carbocycles. The Bertz CT molecular complexity index is 1260. The van der Waals surface area contributed by atoms with Crippen LogP contribution in [0, 0.1) is 0 Å². The zero-order valence-electron chi connectivity index (χ0n) is 17.8. The third kappa shape index (κ3) is 5.09. The van der Waals surface area contributed by atoms with Crippen LogP contribution in [-0.2, 0) is 18.5 Å². The first-order valence-electron chi connectivity index (χ1n) is 10.8. The molecule has 1 fully saturated rings. The third-order valence-corrected chi connectivity index (χ3v) is 7.22. The van der Waals surface area contributed by atoms with E-state index in [4.69, 9.17) is 28.3 Å². The summed E-state index contributed by atoms with van der Waals surface area (Å²) >= 11 is 12.3. The molecule has 0 bridgehead atoms. The maximum atomic E-state index is 13.4. The van der Waals surface area contributed by atoms with E-state index in [-0.39, 0.29) is 62.9 Å². The number of carbonyl (C=O) groups is 2. The molecule has 5 rings (SSSR count). The number of aromatic carboxylic acids is 1. The standard InChI is InChI=1S/C26H22Cl2N2O3.K.H/c27-21-9-4-16(14-22(21)28)15-30-13-10-17-2-1-3-20(23(17)30)24(31)29-26(11-12-26)19-7-5-18(6-8-19)25(32)33;;/h1-9,14H,10-13,15H2,(H,29,31)(H,32,33);;. The van der Waals surface area contributed by atoms with Gasteiger partial charge in [0.2, 0.25) is 0 Å². The minimum atomic E-state index is -0.961. The van der Waals surface area contributed by atoms with Gasteiger partial charge in [0.1, 0.15) is 0 Å². The van der Waals surface area contributed by atoms with Crippen molar-refractivity contribution in [3.63, 3.8) is 0 Å². The van der Waals surface area contributed by atoms with Crippen molar-refractivity contribution in [3.8, 4) is 0 Å². The van der Waals surface area contributed by atoms with Crippen molar-refractivity contribution < 1.29 is 14.7 Å². The van der Waals surface area contributed by atoms with Gasteiger partial charge in [-0.15, -0.1) is 0 Å². The average Bonchev–Trinajstić information content (AvgIpc) is 3.48. The van der Waals surface area contributed by atoms with Gasteiger partial charge in [-0.3, -0.25) is 4.79 Å². The van der Waals surface area contributed by atoms with Crippen LogP contribution in [0.4, 0.5) is 5.69 Å². The van der Waals surface area contributed by atoms with E-state index >= 15 is 0 Å². The molecule has 1 aliphatic carbocycles. The number of hydrogen-bond acceptors (Lipinski definition) is 3. The van der Waals surface area contributed by atoms with Crippen LogP contribution in [0.2, 0.25) is 10.0 Å². The van der Waals surface area contributed by atoms with Gasteiger partial charge in [0.25, 0.3) is 5.91 Å². The molecule has 0 radical (unpaired) electrons. The van der Waals surface area contributed by atoms with E-state index in [1.54, 1.807) is 30.3 Å². The fourth-order valence-electron chi connectivity index (χ4n) is 4.56. The van der Waals surface area contributed by atoms with Gasteiger partial charge in [0.05, 0.1) is 32.4 Å². The molecular weight excluding hydrogens is 498 g/mol. The molecule has 0 aromatic heterocycles. The molecule has 1 heterocycles. The Labute approximate surface area is 250 Å². The molecule has 0 spiro atoms. The number of anilines is 1. The van der Waals surface area contributed by atoms with Gasteiger partial charge in [-0.2, -0.15) is 0 Å². The van der Waals surface area contributed by atoms with E-state index in [0.29, 0.717) is 22.2 Å². The van der Waals surface area contributed by atoms with Gasteiger partial charge in [-0.1, -0.05) is 53.5 Å². The van der Waals surface area contributed by atoms with E-state index in [9.17, 15) is 9.59 Å². The summed E-state index contributed by atoms with van der Waals surface area (Å²) in [5.74, 6) is -1.08. The third-order valence-electron chi connectivity index (χ3n) is 6.48. The molecule has 0 atom stereocenters.